The Hall–Kier alpha value is -2.73. The Morgan fingerprint density at radius 3 is 2.54 bits per heavy atom. The number of halogens is 1. The van der Waals surface area contributed by atoms with Crippen LogP contribution in [0.25, 0.3) is 0 Å². The molecular formula is C21H23ClN2O4. The minimum atomic E-state index is -0.255. The lowest BCUT2D eigenvalue weighted by Crippen LogP contribution is -2.23. The summed E-state index contributed by atoms with van der Waals surface area (Å²) in [7, 11) is 0. The summed E-state index contributed by atoms with van der Waals surface area (Å²) in [6.45, 7) is 5.08. The van der Waals surface area contributed by atoms with E-state index in [-0.39, 0.29) is 17.7 Å². The third-order valence-corrected chi connectivity index (χ3v) is 4.54. The summed E-state index contributed by atoms with van der Waals surface area (Å²) < 4.78 is 11.2. The minimum Gasteiger partial charge on any atom is -0.489 e. The number of anilines is 1. The van der Waals surface area contributed by atoms with Crippen LogP contribution in [-0.2, 0) is 11.3 Å². The molecule has 1 aliphatic rings. The molecule has 0 fully saturated rings. The first-order valence-electron chi connectivity index (χ1n) is 9.21. The van der Waals surface area contributed by atoms with Crippen LogP contribution in [0, 0.1) is 5.92 Å². The molecule has 28 heavy (non-hydrogen) atoms. The monoisotopic (exact) mass is 402 g/mol. The standard InChI is InChI=1S/C21H23ClN2O4/c1-13(2)20(25)24-16-6-4-14(5-7-16)12-23-21(26)15-10-17(22)19-18(11-15)27-8-3-9-28-19/h4-7,10-11,13H,3,8-9,12H2,1-2H3,(H,23,26)(H,24,25). The molecule has 0 aliphatic carbocycles. The highest BCUT2D eigenvalue weighted by atomic mass is 35.5. The normalized spacial score (nSPS) is 13.0. The molecule has 6 nitrogen and oxygen atoms in total. The fraction of sp³-hybridized carbons (Fsp3) is 0.333. The highest BCUT2D eigenvalue weighted by Gasteiger charge is 2.18. The minimum absolute atomic E-state index is 0.0349. The second-order valence-corrected chi connectivity index (χ2v) is 7.27. The van der Waals surface area contributed by atoms with Gasteiger partial charge in [0.2, 0.25) is 5.91 Å². The van der Waals surface area contributed by atoms with Gasteiger partial charge in [-0.15, -0.1) is 0 Å². The summed E-state index contributed by atoms with van der Waals surface area (Å²) in [5.74, 6) is 0.596. The molecule has 1 aliphatic heterocycles. The van der Waals surface area contributed by atoms with Crippen LogP contribution in [0.5, 0.6) is 11.5 Å². The summed E-state index contributed by atoms with van der Waals surface area (Å²) in [6, 6.07) is 10.6. The topological polar surface area (TPSA) is 76.7 Å². The molecule has 3 rings (SSSR count). The smallest absolute Gasteiger partial charge is 0.251 e. The third-order valence-electron chi connectivity index (χ3n) is 4.26. The van der Waals surface area contributed by atoms with Crippen molar-refractivity contribution in [3.63, 3.8) is 0 Å². The number of hydrogen-bond acceptors (Lipinski definition) is 4. The van der Waals surface area contributed by atoms with Gasteiger partial charge >= 0.3 is 0 Å². The first kappa shape index (κ1) is 20.0. The Kier molecular flexibility index (Phi) is 6.41. The van der Waals surface area contributed by atoms with E-state index in [1.54, 1.807) is 12.1 Å². The molecule has 0 bridgehead atoms. The fourth-order valence-corrected chi connectivity index (χ4v) is 2.90. The average Bonchev–Trinajstić information content (AvgIpc) is 2.93. The van der Waals surface area contributed by atoms with E-state index in [1.807, 2.05) is 38.1 Å². The van der Waals surface area contributed by atoms with Gasteiger partial charge in [-0.25, -0.2) is 0 Å². The van der Waals surface area contributed by atoms with E-state index in [4.69, 9.17) is 21.1 Å². The molecule has 7 heteroatoms. The summed E-state index contributed by atoms with van der Waals surface area (Å²) in [5, 5.41) is 6.05. The van der Waals surface area contributed by atoms with E-state index in [2.05, 4.69) is 10.6 Å². The number of fused-ring (bicyclic) bond motifs is 1. The van der Waals surface area contributed by atoms with Gasteiger partial charge in [-0.05, 0) is 29.8 Å². The Balaban J connectivity index is 1.62. The molecule has 0 saturated carbocycles. The Bertz CT molecular complexity index is 865. The number of carbonyl (C=O) groups is 2. The van der Waals surface area contributed by atoms with Gasteiger partial charge in [-0.1, -0.05) is 37.6 Å². The van der Waals surface area contributed by atoms with E-state index in [0.717, 1.165) is 17.7 Å². The number of ether oxygens (including phenoxy) is 2. The van der Waals surface area contributed by atoms with Crippen molar-refractivity contribution in [2.75, 3.05) is 18.5 Å². The van der Waals surface area contributed by atoms with Crippen LogP contribution in [0.4, 0.5) is 5.69 Å². The van der Waals surface area contributed by atoms with Crippen molar-refractivity contribution >= 4 is 29.1 Å². The number of benzene rings is 2. The molecule has 2 aromatic carbocycles. The van der Waals surface area contributed by atoms with Crippen molar-refractivity contribution in [3.05, 3.63) is 52.5 Å². The summed E-state index contributed by atoms with van der Waals surface area (Å²) >= 11 is 6.24. The van der Waals surface area contributed by atoms with Crippen LogP contribution in [-0.4, -0.2) is 25.0 Å². The van der Waals surface area contributed by atoms with E-state index < -0.39 is 0 Å². The fourth-order valence-electron chi connectivity index (χ4n) is 2.64. The lowest BCUT2D eigenvalue weighted by Gasteiger charge is -2.12. The van der Waals surface area contributed by atoms with Gasteiger partial charge < -0.3 is 20.1 Å². The van der Waals surface area contributed by atoms with Crippen LogP contribution in [0.1, 0.15) is 36.2 Å². The van der Waals surface area contributed by atoms with Crippen molar-refractivity contribution in [3.8, 4) is 11.5 Å². The second-order valence-electron chi connectivity index (χ2n) is 6.86. The molecule has 2 amide bonds. The molecule has 2 aromatic rings. The Labute approximate surface area is 169 Å². The van der Waals surface area contributed by atoms with Crippen molar-refractivity contribution < 1.29 is 19.1 Å². The van der Waals surface area contributed by atoms with E-state index in [0.29, 0.717) is 41.8 Å². The van der Waals surface area contributed by atoms with Crippen LogP contribution in [0.2, 0.25) is 5.02 Å². The number of rotatable bonds is 5. The molecule has 0 saturated heterocycles. The predicted octanol–water partition coefficient (Wildman–Crippen LogP) is 4.03. The molecular weight excluding hydrogens is 380 g/mol. The maximum atomic E-state index is 12.5. The van der Waals surface area contributed by atoms with Gasteiger partial charge in [0.25, 0.3) is 5.91 Å². The van der Waals surface area contributed by atoms with Crippen LogP contribution < -0.4 is 20.1 Å². The first-order valence-corrected chi connectivity index (χ1v) is 9.59. The summed E-state index contributed by atoms with van der Waals surface area (Å²) in [4.78, 5) is 24.2. The maximum absolute atomic E-state index is 12.5. The van der Waals surface area contributed by atoms with Gasteiger partial charge in [0.05, 0.1) is 18.2 Å². The number of nitrogens with one attached hydrogen (secondary N) is 2. The lowest BCUT2D eigenvalue weighted by molar-refractivity contribution is -0.118. The van der Waals surface area contributed by atoms with Gasteiger partial charge in [0.15, 0.2) is 11.5 Å². The van der Waals surface area contributed by atoms with Crippen molar-refractivity contribution in [1.82, 2.24) is 5.32 Å². The Morgan fingerprint density at radius 1 is 1.11 bits per heavy atom. The average molecular weight is 403 g/mol. The van der Waals surface area contributed by atoms with Crippen molar-refractivity contribution in [1.29, 1.82) is 0 Å². The zero-order chi connectivity index (χ0) is 20.1. The zero-order valence-corrected chi connectivity index (χ0v) is 16.6. The second kappa shape index (κ2) is 8.97. The highest BCUT2D eigenvalue weighted by molar-refractivity contribution is 6.32. The third kappa shape index (κ3) is 4.95. The van der Waals surface area contributed by atoms with Gasteiger partial charge in [-0.2, -0.15) is 0 Å². The van der Waals surface area contributed by atoms with Crippen molar-refractivity contribution in [2.45, 2.75) is 26.8 Å². The SMILES string of the molecule is CC(C)C(=O)Nc1ccc(CNC(=O)c2cc(Cl)c3c(c2)OCCCO3)cc1. The molecule has 1 heterocycles. The lowest BCUT2D eigenvalue weighted by atomic mass is 10.1. The predicted molar refractivity (Wildman–Crippen MR) is 108 cm³/mol. The highest BCUT2D eigenvalue weighted by Crippen LogP contribution is 2.37. The molecule has 0 atom stereocenters. The van der Waals surface area contributed by atoms with E-state index in [9.17, 15) is 9.59 Å². The first-order chi connectivity index (χ1) is 13.4. The molecule has 0 radical (unpaired) electrons. The van der Waals surface area contributed by atoms with Crippen LogP contribution in [0.15, 0.2) is 36.4 Å². The largest absolute Gasteiger partial charge is 0.489 e. The molecule has 0 aromatic heterocycles. The molecule has 148 valence electrons. The zero-order valence-electron chi connectivity index (χ0n) is 15.9. The van der Waals surface area contributed by atoms with Gasteiger partial charge in [0.1, 0.15) is 0 Å². The van der Waals surface area contributed by atoms with E-state index in [1.165, 1.54) is 0 Å². The van der Waals surface area contributed by atoms with E-state index >= 15 is 0 Å². The van der Waals surface area contributed by atoms with Crippen LogP contribution >= 0.6 is 11.6 Å². The van der Waals surface area contributed by atoms with Crippen LogP contribution in [0.3, 0.4) is 0 Å². The van der Waals surface area contributed by atoms with Gasteiger partial charge in [-0.3, -0.25) is 9.59 Å². The van der Waals surface area contributed by atoms with Crippen molar-refractivity contribution in [2.24, 2.45) is 5.92 Å². The molecule has 0 spiro atoms. The number of carbonyl (C=O) groups excluding carboxylic acids is 2. The molecule has 0 unspecified atom stereocenters. The summed E-state index contributed by atoms with van der Waals surface area (Å²) in [5.41, 5.74) is 2.05. The molecule has 2 N–H and O–H groups in total. The van der Waals surface area contributed by atoms with Gasteiger partial charge in [0, 0.05) is 30.1 Å². The quantitative estimate of drug-likeness (QED) is 0.791. The maximum Gasteiger partial charge on any atom is 0.251 e. The number of amides is 2. The Morgan fingerprint density at radius 2 is 1.82 bits per heavy atom. The number of hydrogen-bond donors (Lipinski definition) is 2. The summed E-state index contributed by atoms with van der Waals surface area (Å²) in [6.07, 6.45) is 0.764.